The molecule has 1 fully saturated rings. The molecule has 0 amide bonds. The standard InChI is InChI=1S/C42H66O9Si2/c1-11-16-18-19-20-22-23-29-25-34-41(28-48-53(13-3,14-4)15-5)27-31-35(38(45)49-37(31)44)36(42(34,47)50-39(41)46)30(29)26-33(32(43)24-21-17-12-2)51-52(9,10)40(6,7)8/h11-12,16-17,25,29-30,33,36,47H,13-15,18-24,26-28H2,1-10H3/b16-11+,17-12+/t29-,30+,33-,36+,41-,42+/m1/s1. The first-order valence-corrected chi connectivity index (χ1v) is 25.6. The number of carbonyl (C=O) groups is 4. The van der Waals surface area contributed by atoms with Crippen LogP contribution in [0.4, 0.5) is 0 Å². The Kier molecular flexibility index (Phi) is 14.0. The maximum absolute atomic E-state index is 14.4. The first-order valence-electron chi connectivity index (χ1n) is 20.2. The quantitative estimate of drug-likeness (QED) is 0.0424. The summed E-state index contributed by atoms with van der Waals surface area (Å²) < 4.78 is 25.1. The predicted molar refractivity (Wildman–Crippen MR) is 212 cm³/mol. The minimum absolute atomic E-state index is 0.0427. The van der Waals surface area contributed by atoms with Crippen molar-refractivity contribution < 1.29 is 42.6 Å². The first-order chi connectivity index (χ1) is 24.9. The van der Waals surface area contributed by atoms with Gasteiger partial charge in [-0.05, 0) is 94.1 Å². The molecule has 1 N–H and O–H groups in total. The summed E-state index contributed by atoms with van der Waals surface area (Å²) in [5, 5.41) is 12.7. The van der Waals surface area contributed by atoms with Crippen molar-refractivity contribution in [3.05, 3.63) is 47.1 Å². The lowest BCUT2D eigenvalue weighted by molar-refractivity contribution is -0.206. The van der Waals surface area contributed by atoms with Crippen LogP contribution in [-0.2, 0) is 37.5 Å². The highest BCUT2D eigenvalue weighted by Gasteiger charge is 2.72. The van der Waals surface area contributed by atoms with Gasteiger partial charge in [-0.1, -0.05) is 84.8 Å². The number of ether oxygens (including phenoxy) is 2. The van der Waals surface area contributed by atoms with Gasteiger partial charge in [-0.25, -0.2) is 9.59 Å². The largest absolute Gasteiger partial charge is 0.428 e. The summed E-state index contributed by atoms with van der Waals surface area (Å²) in [5.74, 6) is -6.44. The van der Waals surface area contributed by atoms with Gasteiger partial charge in [-0.2, -0.15) is 0 Å². The zero-order valence-electron chi connectivity index (χ0n) is 34.1. The highest BCUT2D eigenvalue weighted by Crippen LogP contribution is 2.63. The third-order valence-electron chi connectivity index (χ3n) is 13.2. The minimum atomic E-state index is -2.50. The van der Waals surface area contributed by atoms with E-state index in [1.165, 1.54) is 0 Å². The van der Waals surface area contributed by atoms with E-state index < -0.39 is 63.7 Å². The van der Waals surface area contributed by atoms with E-state index in [4.69, 9.17) is 18.3 Å². The number of cyclic esters (lactones) is 2. The molecule has 0 aromatic rings. The number of hydrogen-bond donors (Lipinski definition) is 1. The lowest BCUT2D eigenvalue weighted by atomic mass is 9.61. The molecule has 0 spiro atoms. The van der Waals surface area contributed by atoms with Gasteiger partial charge in [-0.15, -0.1) is 0 Å². The van der Waals surface area contributed by atoms with Crippen LogP contribution in [0, 0.1) is 23.2 Å². The summed E-state index contributed by atoms with van der Waals surface area (Å²) in [6.45, 7) is 20.8. The van der Waals surface area contributed by atoms with Gasteiger partial charge in [0.2, 0.25) is 5.79 Å². The third-order valence-corrected chi connectivity index (χ3v) is 22.3. The van der Waals surface area contributed by atoms with Gasteiger partial charge in [-0.3, -0.25) is 9.59 Å². The number of aliphatic hydroxyl groups is 1. The predicted octanol–water partition coefficient (Wildman–Crippen LogP) is 9.04. The van der Waals surface area contributed by atoms with Crippen LogP contribution in [-0.4, -0.2) is 63.9 Å². The number of Topliss-reactive ketones (excluding diaryl/α,β-unsaturated/α-hetero) is 1. The van der Waals surface area contributed by atoms with E-state index in [0.717, 1.165) is 43.8 Å². The average molecular weight is 771 g/mol. The normalized spacial score (nSPS) is 28.0. The van der Waals surface area contributed by atoms with E-state index in [2.05, 4.69) is 66.8 Å². The molecule has 4 aliphatic rings. The summed E-state index contributed by atoms with van der Waals surface area (Å²) in [6.07, 6.45) is 14.7. The van der Waals surface area contributed by atoms with Crippen molar-refractivity contribution in [2.45, 2.75) is 161 Å². The van der Waals surface area contributed by atoms with Gasteiger partial charge in [0.15, 0.2) is 22.4 Å². The minimum Gasteiger partial charge on any atom is -0.428 e. The van der Waals surface area contributed by atoms with Crippen molar-refractivity contribution in [1.29, 1.82) is 0 Å². The Hall–Kier alpha value is -2.45. The topological polar surface area (TPSA) is 125 Å². The van der Waals surface area contributed by atoms with Crippen LogP contribution in [0.3, 0.4) is 0 Å². The molecule has 0 saturated carbocycles. The number of carbonyl (C=O) groups excluding carboxylic acids is 4. The molecule has 11 heteroatoms. The number of allylic oxidation sites excluding steroid dienone is 5. The number of esters is 3. The van der Waals surface area contributed by atoms with Gasteiger partial charge in [0.1, 0.15) is 11.5 Å². The van der Waals surface area contributed by atoms with Crippen LogP contribution in [0.15, 0.2) is 47.1 Å². The van der Waals surface area contributed by atoms with Crippen LogP contribution < -0.4 is 0 Å². The van der Waals surface area contributed by atoms with Crippen LogP contribution in [0.25, 0.3) is 0 Å². The van der Waals surface area contributed by atoms with E-state index >= 15 is 0 Å². The molecule has 296 valence electrons. The number of ketones is 1. The SMILES string of the molecule is C/C=C/CCCCC[C@@H]1C=C2[C@]3(CO[Si](CC)(CC)CC)CC4=C(C(=O)OC4=O)[C@H]([C@H]1C[C@@H](O[Si](C)(C)C(C)(C)C)C(=O)CC/C=C/C)[C@@]2(O)OC3=O. The third kappa shape index (κ3) is 8.54. The maximum Gasteiger partial charge on any atom is 0.343 e. The molecule has 2 aliphatic heterocycles. The highest BCUT2D eigenvalue weighted by atomic mass is 28.4. The molecule has 4 bridgehead atoms. The van der Waals surface area contributed by atoms with E-state index in [9.17, 15) is 24.3 Å². The molecule has 0 aromatic carbocycles. The van der Waals surface area contributed by atoms with E-state index in [0.29, 0.717) is 18.4 Å². The summed E-state index contributed by atoms with van der Waals surface area (Å²) in [4.78, 5) is 55.9. The molecule has 4 rings (SSSR count). The average Bonchev–Trinajstić information content (AvgIpc) is 3.46. The highest BCUT2D eigenvalue weighted by molar-refractivity contribution is 6.74. The molecule has 6 atom stereocenters. The van der Waals surface area contributed by atoms with Gasteiger partial charge in [0.25, 0.3) is 0 Å². The van der Waals surface area contributed by atoms with Crippen LogP contribution in [0.1, 0.15) is 113 Å². The summed E-state index contributed by atoms with van der Waals surface area (Å²) in [5.41, 5.74) is -0.923. The molecular weight excluding hydrogens is 705 g/mol. The van der Waals surface area contributed by atoms with Crippen LogP contribution in [0.5, 0.6) is 0 Å². The molecule has 2 heterocycles. The van der Waals surface area contributed by atoms with E-state index in [1.807, 2.05) is 32.1 Å². The monoisotopic (exact) mass is 770 g/mol. The molecule has 2 aliphatic carbocycles. The molecule has 9 nitrogen and oxygen atoms in total. The van der Waals surface area contributed by atoms with Gasteiger partial charge in [0, 0.05) is 18.4 Å². The number of unbranched alkanes of at least 4 members (excludes halogenated alkanes) is 3. The van der Waals surface area contributed by atoms with Crippen LogP contribution in [0.2, 0.25) is 36.3 Å². The fourth-order valence-electron chi connectivity index (χ4n) is 8.62. The number of rotatable bonds is 20. The van der Waals surface area contributed by atoms with Gasteiger partial charge >= 0.3 is 17.9 Å². The zero-order chi connectivity index (χ0) is 39.4. The van der Waals surface area contributed by atoms with Crippen molar-refractivity contribution in [2.75, 3.05) is 6.61 Å². The van der Waals surface area contributed by atoms with Gasteiger partial charge in [0.05, 0.1) is 23.7 Å². The second-order valence-electron chi connectivity index (χ2n) is 17.2. The van der Waals surface area contributed by atoms with Crippen molar-refractivity contribution in [3.63, 3.8) is 0 Å². The van der Waals surface area contributed by atoms with E-state index in [-0.39, 0.29) is 53.8 Å². The fraction of sp³-hybridized carbons (Fsp3) is 0.714. The second-order valence-corrected chi connectivity index (χ2v) is 26.7. The maximum atomic E-state index is 14.4. The Labute approximate surface area is 320 Å². The molecule has 53 heavy (non-hydrogen) atoms. The first kappa shape index (κ1) is 43.3. The Morgan fingerprint density at radius 3 is 2.25 bits per heavy atom. The van der Waals surface area contributed by atoms with Crippen molar-refractivity contribution in [1.82, 2.24) is 0 Å². The van der Waals surface area contributed by atoms with Crippen molar-refractivity contribution >= 4 is 40.3 Å². The van der Waals surface area contributed by atoms with E-state index in [1.54, 1.807) is 0 Å². The lowest BCUT2D eigenvalue weighted by Crippen LogP contribution is -2.53. The fourth-order valence-corrected chi connectivity index (χ4v) is 12.6. The molecule has 1 saturated heterocycles. The smallest absolute Gasteiger partial charge is 0.343 e. The van der Waals surface area contributed by atoms with Crippen molar-refractivity contribution in [3.8, 4) is 0 Å². The zero-order valence-corrected chi connectivity index (χ0v) is 36.1. The Morgan fingerprint density at radius 1 is 1.00 bits per heavy atom. The Balaban J connectivity index is 1.91. The Bertz CT molecular complexity index is 1510. The molecular formula is C42H66O9Si2. The summed E-state index contributed by atoms with van der Waals surface area (Å²) in [7, 11) is -4.75. The lowest BCUT2D eigenvalue weighted by Gasteiger charge is -2.46. The van der Waals surface area contributed by atoms with Gasteiger partial charge < -0.3 is 23.4 Å². The number of fused-ring (bicyclic) bond motifs is 1. The second kappa shape index (κ2) is 17.1. The molecule has 0 aromatic heterocycles. The molecule has 0 unspecified atom stereocenters. The number of hydrogen-bond acceptors (Lipinski definition) is 9. The summed E-state index contributed by atoms with van der Waals surface area (Å²) in [6, 6.07) is 2.55. The summed E-state index contributed by atoms with van der Waals surface area (Å²) >= 11 is 0. The Morgan fingerprint density at radius 2 is 1.64 bits per heavy atom. The van der Waals surface area contributed by atoms with Crippen LogP contribution >= 0.6 is 0 Å². The molecule has 0 radical (unpaired) electrons. The van der Waals surface area contributed by atoms with Crippen molar-refractivity contribution in [2.24, 2.45) is 23.2 Å².